The zero-order valence-corrected chi connectivity index (χ0v) is 15.8. The number of carbonyl (C=O) groups excluding carboxylic acids is 1. The van der Waals surface area contributed by atoms with Gasteiger partial charge in [0, 0.05) is 17.4 Å². The van der Waals surface area contributed by atoms with Gasteiger partial charge < -0.3 is 9.84 Å². The van der Waals surface area contributed by atoms with Gasteiger partial charge in [0.05, 0.1) is 22.6 Å². The molecule has 2 heterocycles. The monoisotopic (exact) mass is 403 g/mol. The highest BCUT2D eigenvalue weighted by atomic mass is 79.9. The highest BCUT2D eigenvalue weighted by molar-refractivity contribution is 9.10. The maximum Gasteiger partial charge on any atom is 0.255 e. The summed E-state index contributed by atoms with van der Waals surface area (Å²) in [6.07, 6.45) is 0.492. The molecule has 8 heteroatoms. The van der Waals surface area contributed by atoms with Gasteiger partial charge in [0.25, 0.3) is 5.91 Å². The first kappa shape index (κ1) is 17.3. The molecule has 0 spiro atoms. The molecule has 7 nitrogen and oxygen atoms in total. The topological polar surface area (TPSA) is 85.8 Å². The molecule has 0 saturated heterocycles. The van der Waals surface area contributed by atoms with Crippen molar-refractivity contribution in [1.82, 2.24) is 25.2 Å². The quantitative estimate of drug-likeness (QED) is 0.707. The van der Waals surface area contributed by atoms with Crippen molar-refractivity contribution in [1.29, 1.82) is 0 Å². The van der Waals surface area contributed by atoms with Crippen molar-refractivity contribution in [2.75, 3.05) is 6.54 Å². The number of aromatic nitrogens is 4. The molecule has 1 N–H and O–H groups in total. The first-order valence-corrected chi connectivity index (χ1v) is 8.64. The zero-order chi connectivity index (χ0) is 18.0. The number of amides is 1. The zero-order valence-electron chi connectivity index (χ0n) is 14.2. The summed E-state index contributed by atoms with van der Waals surface area (Å²) in [4.78, 5) is 16.7. The predicted molar refractivity (Wildman–Crippen MR) is 95.8 cm³/mol. The highest BCUT2D eigenvalue weighted by Crippen LogP contribution is 2.19. The van der Waals surface area contributed by atoms with E-state index in [0.29, 0.717) is 35.9 Å². The number of halogens is 1. The Bertz CT molecular complexity index is 898. The van der Waals surface area contributed by atoms with Gasteiger partial charge in [-0.05, 0) is 45.0 Å². The average molecular weight is 404 g/mol. The Morgan fingerprint density at radius 2 is 1.96 bits per heavy atom. The summed E-state index contributed by atoms with van der Waals surface area (Å²) in [7, 11) is 0. The van der Waals surface area contributed by atoms with Crippen LogP contribution in [0.3, 0.4) is 0 Å². The number of benzene rings is 1. The molecule has 0 aliphatic carbocycles. The lowest BCUT2D eigenvalue weighted by molar-refractivity contribution is 0.0952. The lowest BCUT2D eigenvalue weighted by Crippen LogP contribution is -2.26. The molecule has 3 aromatic rings. The van der Waals surface area contributed by atoms with E-state index in [1.807, 2.05) is 38.1 Å². The SMILES string of the molecule is Cc1noc(CCNC(=O)c2c(C)nn(-c3ccc(Br)cc3)c2C)n1. The molecule has 1 amide bonds. The number of aryl methyl sites for hydroxylation is 2. The molecule has 0 aliphatic rings. The van der Waals surface area contributed by atoms with Crippen LogP contribution >= 0.6 is 15.9 Å². The van der Waals surface area contributed by atoms with Crippen molar-refractivity contribution in [3.63, 3.8) is 0 Å². The van der Waals surface area contributed by atoms with Crippen molar-refractivity contribution in [3.8, 4) is 5.69 Å². The van der Waals surface area contributed by atoms with Crippen LogP contribution in [0.1, 0.15) is 33.5 Å². The molecular weight excluding hydrogens is 386 g/mol. The molecule has 0 aliphatic heterocycles. The molecule has 1 aromatic carbocycles. The van der Waals surface area contributed by atoms with Gasteiger partial charge >= 0.3 is 0 Å². The Morgan fingerprint density at radius 1 is 1.24 bits per heavy atom. The summed E-state index contributed by atoms with van der Waals surface area (Å²) in [6, 6.07) is 7.78. The third kappa shape index (κ3) is 3.79. The van der Waals surface area contributed by atoms with Gasteiger partial charge in [-0.1, -0.05) is 21.1 Å². The van der Waals surface area contributed by atoms with Gasteiger partial charge in [0.1, 0.15) is 0 Å². The maximum atomic E-state index is 12.5. The van der Waals surface area contributed by atoms with Gasteiger partial charge in [-0.2, -0.15) is 10.1 Å². The van der Waals surface area contributed by atoms with Crippen molar-refractivity contribution in [2.24, 2.45) is 0 Å². The molecule has 25 heavy (non-hydrogen) atoms. The molecule has 2 aromatic heterocycles. The molecule has 130 valence electrons. The summed E-state index contributed by atoms with van der Waals surface area (Å²) >= 11 is 3.42. The highest BCUT2D eigenvalue weighted by Gasteiger charge is 2.19. The standard InChI is InChI=1S/C17H18BrN5O2/c1-10-16(17(24)19-9-8-15-20-12(3)22-25-15)11(2)23(21-10)14-6-4-13(18)5-7-14/h4-7H,8-9H2,1-3H3,(H,19,24). The van der Waals surface area contributed by atoms with E-state index in [4.69, 9.17) is 4.52 Å². The van der Waals surface area contributed by atoms with Crippen LogP contribution in [0.25, 0.3) is 5.69 Å². The second-order valence-corrected chi connectivity index (χ2v) is 6.59. The lowest BCUT2D eigenvalue weighted by Gasteiger charge is -2.06. The van der Waals surface area contributed by atoms with E-state index < -0.39 is 0 Å². The molecule has 0 atom stereocenters. The van der Waals surface area contributed by atoms with Crippen LogP contribution < -0.4 is 5.32 Å². The van der Waals surface area contributed by atoms with Crippen LogP contribution in [0.4, 0.5) is 0 Å². The number of hydrogen-bond donors (Lipinski definition) is 1. The Hall–Kier alpha value is -2.48. The minimum Gasteiger partial charge on any atom is -0.351 e. The number of carbonyl (C=O) groups is 1. The normalized spacial score (nSPS) is 10.9. The van der Waals surface area contributed by atoms with E-state index in [1.54, 1.807) is 11.6 Å². The minimum atomic E-state index is -0.158. The Morgan fingerprint density at radius 3 is 2.60 bits per heavy atom. The molecule has 0 fully saturated rings. The second-order valence-electron chi connectivity index (χ2n) is 5.68. The third-order valence-corrected chi connectivity index (χ3v) is 4.31. The van der Waals surface area contributed by atoms with E-state index >= 15 is 0 Å². The Labute approximate surface area is 153 Å². The molecule has 0 unspecified atom stereocenters. The average Bonchev–Trinajstić information content (AvgIpc) is 3.11. The first-order chi connectivity index (χ1) is 12.0. The second kappa shape index (κ2) is 7.18. The summed E-state index contributed by atoms with van der Waals surface area (Å²) in [5.41, 5.74) is 2.98. The molecule has 0 radical (unpaired) electrons. The minimum absolute atomic E-state index is 0.158. The molecule has 3 rings (SSSR count). The van der Waals surface area contributed by atoms with Crippen molar-refractivity contribution < 1.29 is 9.32 Å². The van der Waals surface area contributed by atoms with Crippen molar-refractivity contribution in [3.05, 3.63) is 57.4 Å². The number of nitrogens with zero attached hydrogens (tertiary/aromatic N) is 4. The van der Waals surface area contributed by atoms with Crippen LogP contribution in [-0.4, -0.2) is 32.4 Å². The van der Waals surface area contributed by atoms with Crippen molar-refractivity contribution in [2.45, 2.75) is 27.2 Å². The summed E-state index contributed by atoms with van der Waals surface area (Å²) in [5, 5.41) is 11.1. The van der Waals surface area contributed by atoms with E-state index in [9.17, 15) is 4.79 Å². The van der Waals surface area contributed by atoms with Crippen LogP contribution in [0.2, 0.25) is 0 Å². The lowest BCUT2D eigenvalue weighted by atomic mass is 10.2. The van der Waals surface area contributed by atoms with E-state index in [0.717, 1.165) is 15.9 Å². The summed E-state index contributed by atoms with van der Waals surface area (Å²) < 4.78 is 7.81. The smallest absolute Gasteiger partial charge is 0.255 e. The molecular formula is C17H18BrN5O2. The van der Waals surface area contributed by atoms with Crippen LogP contribution in [0.15, 0.2) is 33.3 Å². The van der Waals surface area contributed by atoms with Gasteiger partial charge in [0.15, 0.2) is 5.82 Å². The number of hydrogen-bond acceptors (Lipinski definition) is 5. The van der Waals surface area contributed by atoms with E-state index in [-0.39, 0.29) is 5.91 Å². The van der Waals surface area contributed by atoms with Gasteiger partial charge in [-0.25, -0.2) is 4.68 Å². The molecule has 0 bridgehead atoms. The Balaban J connectivity index is 1.73. The van der Waals surface area contributed by atoms with E-state index in [1.165, 1.54) is 0 Å². The fraction of sp³-hybridized carbons (Fsp3) is 0.294. The fourth-order valence-corrected chi connectivity index (χ4v) is 2.88. The maximum absolute atomic E-state index is 12.5. The van der Waals surface area contributed by atoms with Gasteiger partial charge in [-0.15, -0.1) is 0 Å². The Kier molecular flexibility index (Phi) is 4.98. The molecule has 0 saturated carbocycles. The van der Waals surface area contributed by atoms with Gasteiger partial charge in [0.2, 0.25) is 5.89 Å². The van der Waals surface area contributed by atoms with Crippen LogP contribution in [0, 0.1) is 20.8 Å². The number of rotatable bonds is 5. The summed E-state index contributed by atoms with van der Waals surface area (Å²) in [6.45, 7) is 5.90. The third-order valence-electron chi connectivity index (χ3n) is 3.78. The largest absolute Gasteiger partial charge is 0.351 e. The first-order valence-electron chi connectivity index (χ1n) is 7.85. The fourth-order valence-electron chi connectivity index (χ4n) is 2.62. The van der Waals surface area contributed by atoms with E-state index in [2.05, 4.69) is 36.5 Å². The van der Waals surface area contributed by atoms with Crippen molar-refractivity contribution >= 4 is 21.8 Å². The number of nitrogens with one attached hydrogen (secondary N) is 1. The van der Waals surface area contributed by atoms with Crippen LogP contribution in [-0.2, 0) is 6.42 Å². The predicted octanol–water partition coefficient (Wildman–Crippen LogP) is 2.92. The van der Waals surface area contributed by atoms with Gasteiger partial charge in [-0.3, -0.25) is 4.79 Å². The van der Waals surface area contributed by atoms with Crippen LogP contribution in [0.5, 0.6) is 0 Å². The summed E-state index contributed by atoms with van der Waals surface area (Å²) in [5.74, 6) is 0.940.